The molecular formula is C55H62FN10O12S+. The summed E-state index contributed by atoms with van der Waals surface area (Å²) >= 11 is 1.17. The van der Waals surface area contributed by atoms with Crippen LogP contribution in [0.15, 0.2) is 59.4 Å². The number of unbranched alkanes of at least 4 members (excludes halogenated alkanes) is 2. The SMILES string of the molecule is CC[C@@]1(O)C(=O)OCc2c1cc1n(c2=O)Cc2c-1nc1cc(F)c(C)c3c1c2C(C=[N+](C)C(=O)[C@@H](N)CSCNC(=O)CNC(=O)[C@H](Cc1ccccc1)NC(=O)CNC(=O)CNC(=O)CCCCCN1C(=O)C=CC1=O)CC3. The summed E-state index contributed by atoms with van der Waals surface area (Å²) in [5.74, 6) is -5.67. The fraction of sp³-hybridized carbons (Fsp3) is 0.418. The lowest BCUT2D eigenvalue weighted by molar-refractivity contribution is -0.416. The number of hydrogen-bond donors (Lipinski definition) is 7. The van der Waals surface area contributed by atoms with Crippen LogP contribution in [0.1, 0.15) is 90.3 Å². The number of likely N-dealkylation sites (N-methyl/N-ethyl adjacent to an activating group) is 1. The van der Waals surface area contributed by atoms with Gasteiger partial charge in [0.05, 0.1) is 60.4 Å². The zero-order chi connectivity index (χ0) is 56.7. The number of carbonyl (C=O) groups excluding carboxylic acids is 9. The molecule has 5 heterocycles. The van der Waals surface area contributed by atoms with E-state index >= 15 is 4.39 Å². The van der Waals surface area contributed by atoms with Gasteiger partial charge in [0.15, 0.2) is 11.8 Å². The molecule has 1 aliphatic carbocycles. The predicted octanol–water partition coefficient (Wildman–Crippen LogP) is 0.492. The van der Waals surface area contributed by atoms with Gasteiger partial charge in [0.1, 0.15) is 31.6 Å². The van der Waals surface area contributed by atoms with E-state index < -0.39 is 96.0 Å². The maximum absolute atomic E-state index is 15.5. The number of cyclic esters (lactones) is 1. The molecule has 4 aliphatic rings. The molecule has 8 N–H and O–H groups in total. The van der Waals surface area contributed by atoms with Crippen LogP contribution < -0.4 is 37.9 Å². The first-order valence-corrected chi connectivity index (χ1v) is 27.2. The lowest BCUT2D eigenvalue weighted by Gasteiger charge is -2.31. The summed E-state index contributed by atoms with van der Waals surface area (Å²) in [7, 11) is 1.59. The molecule has 22 nitrogen and oxygen atoms in total. The van der Waals surface area contributed by atoms with Gasteiger partial charge in [-0.15, -0.1) is 11.8 Å². The van der Waals surface area contributed by atoms with Gasteiger partial charge < -0.3 is 46.7 Å². The highest BCUT2D eigenvalue weighted by molar-refractivity contribution is 7.99. The van der Waals surface area contributed by atoms with E-state index in [2.05, 4.69) is 26.6 Å². The molecule has 1 unspecified atom stereocenters. The normalized spacial score (nSPS) is 17.8. The van der Waals surface area contributed by atoms with Gasteiger partial charge in [-0.05, 0) is 67.3 Å². The number of nitrogens with one attached hydrogen (secondary N) is 5. The molecule has 3 aliphatic heterocycles. The first-order chi connectivity index (χ1) is 37.8. The number of nitrogens with two attached hydrogens (primary N) is 1. The molecule has 0 radical (unpaired) electrons. The third kappa shape index (κ3) is 12.7. The number of thioether (sulfide) groups is 1. The van der Waals surface area contributed by atoms with Crippen molar-refractivity contribution in [3.63, 3.8) is 0 Å². The van der Waals surface area contributed by atoms with Gasteiger partial charge in [-0.3, -0.25) is 43.3 Å². The Labute approximate surface area is 457 Å². The molecule has 4 atom stereocenters. The minimum atomic E-state index is -2.04. The van der Waals surface area contributed by atoms with Gasteiger partial charge >= 0.3 is 11.9 Å². The summed E-state index contributed by atoms with van der Waals surface area (Å²) in [6.45, 7) is 2.03. The van der Waals surface area contributed by atoms with Crippen LogP contribution in [0, 0.1) is 12.7 Å². The molecule has 8 rings (SSSR count). The molecule has 0 saturated carbocycles. The van der Waals surface area contributed by atoms with Crippen molar-refractivity contribution in [1.29, 1.82) is 0 Å². The lowest BCUT2D eigenvalue weighted by atomic mass is 9.78. The monoisotopic (exact) mass is 1110 g/mol. The largest absolute Gasteiger partial charge is 0.458 e. The number of rotatable bonds is 23. The van der Waals surface area contributed by atoms with E-state index in [0.29, 0.717) is 65.7 Å². The molecule has 0 bridgehead atoms. The highest BCUT2D eigenvalue weighted by Crippen LogP contribution is 2.46. The number of benzene rings is 2. The van der Waals surface area contributed by atoms with Crippen molar-refractivity contribution < 1.29 is 62.0 Å². The zero-order valence-electron chi connectivity index (χ0n) is 43.9. The molecule has 0 fully saturated rings. The maximum Gasteiger partial charge on any atom is 0.404 e. The number of carbonyl (C=O) groups is 9. The standard InChI is InChI=1S/C55H61FN10O12S/c1-4-55(77)36-20-41-50-34(26-66(41)52(74)35(36)27-78-54(55)76)48-32(14-15-33-30(2)37(56)21-39(63-50)49(33)48)25-64(3)53(75)38(57)28-79-29-61-44(69)23-60-51(73)40(19-31-11-7-5-8-12-31)62-45(70)24-59-43(68)22-58-42(67)13-9-6-10-18-65-46(71)16-17-47(65)72/h5,7-8,11-12,16-17,20-21,25,32,38,40,77H,4,6,9-10,13-15,18-19,22-24,26-29,57H2,1-3H3,(H4-,58,59,60,61,62,67,68,69,70,73)/p+1/t32?,38-,40-,55-/m0/s1. The van der Waals surface area contributed by atoms with Crippen LogP contribution >= 0.6 is 11.8 Å². The Bertz CT molecular complexity index is 3270. The third-order valence-corrected chi connectivity index (χ3v) is 15.5. The van der Waals surface area contributed by atoms with E-state index in [1.807, 2.05) is 0 Å². The number of amides is 8. The topological polar surface area (TPSA) is 310 Å². The van der Waals surface area contributed by atoms with Crippen molar-refractivity contribution in [3.8, 4) is 11.4 Å². The fourth-order valence-corrected chi connectivity index (χ4v) is 11.1. The van der Waals surface area contributed by atoms with E-state index in [1.165, 1.54) is 39.1 Å². The Hall–Kier alpha value is -7.96. The van der Waals surface area contributed by atoms with Crippen LogP contribution in [-0.4, -0.2) is 141 Å². The molecule has 0 saturated heterocycles. The van der Waals surface area contributed by atoms with Gasteiger partial charge in [-0.1, -0.05) is 43.7 Å². The highest BCUT2D eigenvalue weighted by Gasteiger charge is 2.46. The number of imide groups is 1. The van der Waals surface area contributed by atoms with Gasteiger partial charge in [-0.2, -0.15) is 4.58 Å². The summed E-state index contributed by atoms with van der Waals surface area (Å²) < 4.78 is 23.6. The molecule has 416 valence electrons. The van der Waals surface area contributed by atoms with Crippen molar-refractivity contribution in [2.75, 3.05) is 44.9 Å². The average molecular weight is 1110 g/mol. The van der Waals surface area contributed by atoms with Crippen LogP contribution in [0.5, 0.6) is 0 Å². The predicted molar refractivity (Wildman–Crippen MR) is 286 cm³/mol. The van der Waals surface area contributed by atoms with E-state index in [1.54, 1.807) is 63.5 Å². The summed E-state index contributed by atoms with van der Waals surface area (Å²) in [6, 6.07) is 9.64. The Morgan fingerprint density at radius 1 is 0.924 bits per heavy atom. The van der Waals surface area contributed by atoms with E-state index in [0.717, 1.165) is 21.4 Å². The highest BCUT2D eigenvalue weighted by atomic mass is 32.2. The molecule has 2 aromatic carbocycles. The first kappa shape index (κ1) is 57.2. The summed E-state index contributed by atoms with van der Waals surface area (Å²) in [5, 5.41) is 24.8. The van der Waals surface area contributed by atoms with Crippen molar-refractivity contribution in [2.45, 2.75) is 102 Å². The molecule has 79 heavy (non-hydrogen) atoms. The number of hydrogen-bond acceptors (Lipinski definition) is 15. The number of halogens is 1. The van der Waals surface area contributed by atoms with E-state index in [4.69, 9.17) is 15.5 Å². The van der Waals surface area contributed by atoms with Crippen molar-refractivity contribution in [2.24, 2.45) is 5.73 Å². The van der Waals surface area contributed by atoms with Crippen molar-refractivity contribution >= 4 is 82.1 Å². The molecule has 0 spiro atoms. The van der Waals surface area contributed by atoms with Gasteiger partial charge in [0.2, 0.25) is 29.5 Å². The number of pyridine rings is 2. The van der Waals surface area contributed by atoms with E-state index in [9.17, 15) is 53.1 Å². The Morgan fingerprint density at radius 3 is 2.35 bits per heavy atom. The average Bonchev–Trinajstić information content (AvgIpc) is 3.43. The quantitative estimate of drug-likeness (QED) is 0.0117. The maximum atomic E-state index is 15.5. The zero-order valence-corrected chi connectivity index (χ0v) is 44.7. The van der Waals surface area contributed by atoms with Crippen LogP contribution in [0.2, 0.25) is 0 Å². The Kier molecular flexibility index (Phi) is 18.0. The van der Waals surface area contributed by atoms with Gasteiger partial charge in [0, 0.05) is 59.9 Å². The number of aromatic nitrogens is 2. The van der Waals surface area contributed by atoms with Crippen LogP contribution in [0.4, 0.5) is 4.39 Å². The molecule has 2 aromatic heterocycles. The summed E-state index contributed by atoms with van der Waals surface area (Å²) in [4.78, 5) is 134. The van der Waals surface area contributed by atoms with Crippen molar-refractivity contribution in [1.82, 2.24) is 41.0 Å². The number of esters is 1. The van der Waals surface area contributed by atoms with Crippen LogP contribution in [0.3, 0.4) is 0 Å². The van der Waals surface area contributed by atoms with Crippen LogP contribution in [0.25, 0.3) is 22.3 Å². The minimum Gasteiger partial charge on any atom is -0.458 e. The number of aliphatic hydroxyl groups is 1. The smallest absolute Gasteiger partial charge is 0.404 e. The molecule has 4 aromatic rings. The number of fused-ring (bicyclic) bond motifs is 5. The second-order valence-electron chi connectivity index (χ2n) is 19.8. The Morgan fingerprint density at radius 2 is 1.62 bits per heavy atom. The number of aryl methyl sites for hydroxylation is 1. The lowest BCUT2D eigenvalue weighted by Crippen LogP contribution is -2.52. The molecular weight excluding hydrogens is 1040 g/mol. The minimum absolute atomic E-state index is 0.0342. The van der Waals surface area contributed by atoms with E-state index in [-0.39, 0.29) is 73.5 Å². The molecule has 8 amide bonds. The first-order valence-electron chi connectivity index (χ1n) is 26.0. The third-order valence-electron chi connectivity index (χ3n) is 14.6. The van der Waals surface area contributed by atoms with Gasteiger partial charge in [0.25, 0.3) is 17.4 Å². The van der Waals surface area contributed by atoms with Crippen LogP contribution in [-0.2, 0) is 79.5 Å². The summed E-state index contributed by atoms with van der Waals surface area (Å²) in [6.07, 6.45) is 6.85. The Balaban J connectivity index is 0.812. The van der Waals surface area contributed by atoms with Crippen molar-refractivity contribution in [3.05, 3.63) is 110 Å². The molecule has 24 heteroatoms. The number of nitrogens with zero attached hydrogens (tertiary/aromatic N) is 4. The van der Waals surface area contributed by atoms with Gasteiger partial charge in [-0.25, -0.2) is 19.0 Å². The summed E-state index contributed by atoms with van der Waals surface area (Å²) in [5.41, 5.74) is 8.84. The second kappa shape index (κ2) is 24.8. The second-order valence-corrected chi connectivity index (χ2v) is 20.9. The fourth-order valence-electron chi connectivity index (χ4n) is 10.3. The number of ether oxygens (including phenoxy) is 1.